The van der Waals surface area contributed by atoms with Gasteiger partial charge in [-0.15, -0.1) is 0 Å². The summed E-state index contributed by atoms with van der Waals surface area (Å²) < 4.78 is 23.4. The summed E-state index contributed by atoms with van der Waals surface area (Å²) >= 11 is 0. The zero-order valence-electron chi connectivity index (χ0n) is 11.4. The standard InChI is InChI=1S/C14H22N2O2S/c1-15-12-14(13-6-3-2-4-7-13)16-8-5-10-19(17,18)11-9-16/h2-4,6-7,14-15H,5,8-12H2,1H3. The minimum Gasteiger partial charge on any atom is -0.318 e. The second kappa shape index (κ2) is 6.50. The van der Waals surface area contributed by atoms with Crippen molar-refractivity contribution >= 4 is 9.84 Å². The van der Waals surface area contributed by atoms with Gasteiger partial charge >= 0.3 is 0 Å². The zero-order chi connectivity index (χ0) is 13.7. The second-order valence-electron chi connectivity index (χ2n) is 5.03. The lowest BCUT2D eigenvalue weighted by atomic mass is 10.0. The van der Waals surface area contributed by atoms with Gasteiger partial charge < -0.3 is 5.32 Å². The van der Waals surface area contributed by atoms with Crippen molar-refractivity contribution in [3.63, 3.8) is 0 Å². The van der Waals surface area contributed by atoms with E-state index >= 15 is 0 Å². The molecule has 0 bridgehead atoms. The van der Waals surface area contributed by atoms with Crippen LogP contribution in [0, 0.1) is 0 Å². The number of hydrogen-bond acceptors (Lipinski definition) is 4. The Morgan fingerprint density at radius 3 is 2.63 bits per heavy atom. The van der Waals surface area contributed by atoms with Crippen LogP contribution < -0.4 is 5.32 Å². The van der Waals surface area contributed by atoms with Crippen LogP contribution in [0.2, 0.25) is 0 Å². The Balaban J connectivity index is 2.15. The Kier molecular flexibility index (Phi) is 4.96. The first-order valence-electron chi connectivity index (χ1n) is 6.76. The van der Waals surface area contributed by atoms with Crippen molar-refractivity contribution in [3.05, 3.63) is 35.9 Å². The lowest BCUT2D eigenvalue weighted by Gasteiger charge is -2.30. The monoisotopic (exact) mass is 282 g/mol. The van der Waals surface area contributed by atoms with Crippen molar-refractivity contribution < 1.29 is 8.42 Å². The minimum absolute atomic E-state index is 0.250. The van der Waals surface area contributed by atoms with Crippen LogP contribution in [0.25, 0.3) is 0 Å². The highest BCUT2D eigenvalue weighted by molar-refractivity contribution is 7.91. The third-order valence-corrected chi connectivity index (χ3v) is 5.33. The van der Waals surface area contributed by atoms with Crippen molar-refractivity contribution in [2.75, 3.05) is 38.2 Å². The molecule has 19 heavy (non-hydrogen) atoms. The Morgan fingerprint density at radius 1 is 1.21 bits per heavy atom. The van der Waals surface area contributed by atoms with Gasteiger partial charge in [-0.25, -0.2) is 8.42 Å². The quantitative estimate of drug-likeness (QED) is 0.897. The maximum absolute atomic E-state index is 11.7. The van der Waals surface area contributed by atoms with Gasteiger partial charge in [-0.1, -0.05) is 30.3 Å². The van der Waals surface area contributed by atoms with E-state index in [-0.39, 0.29) is 11.8 Å². The molecule has 1 aliphatic rings. The number of nitrogens with one attached hydrogen (secondary N) is 1. The second-order valence-corrected chi connectivity index (χ2v) is 7.33. The molecule has 0 aliphatic carbocycles. The van der Waals surface area contributed by atoms with Crippen LogP contribution >= 0.6 is 0 Å². The van der Waals surface area contributed by atoms with Gasteiger partial charge in [-0.05, 0) is 25.6 Å². The third kappa shape index (κ3) is 4.03. The van der Waals surface area contributed by atoms with Crippen molar-refractivity contribution in [2.45, 2.75) is 12.5 Å². The first-order chi connectivity index (χ1) is 9.12. The van der Waals surface area contributed by atoms with Gasteiger partial charge in [0.05, 0.1) is 11.5 Å². The molecule has 1 atom stereocenters. The van der Waals surface area contributed by atoms with E-state index in [0.717, 1.165) is 19.5 Å². The number of sulfone groups is 1. The largest absolute Gasteiger partial charge is 0.318 e. The van der Waals surface area contributed by atoms with E-state index in [4.69, 9.17) is 0 Å². The molecule has 0 spiro atoms. The van der Waals surface area contributed by atoms with Crippen LogP contribution in [0.3, 0.4) is 0 Å². The molecule has 2 rings (SSSR count). The topological polar surface area (TPSA) is 49.4 Å². The maximum atomic E-state index is 11.7. The summed E-state index contributed by atoms with van der Waals surface area (Å²) in [4.78, 5) is 2.29. The average molecular weight is 282 g/mol. The number of likely N-dealkylation sites (N-methyl/N-ethyl adjacent to an activating group) is 1. The lowest BCUT2D eigenvalue weighted by molar-refractivity contribution is 0.210. The molecule has 1 fully saturated rings. The molecule has 0 aromatic heterocycles. The Labute approximate surface area is 115 Å². The van der Waals surface area contributed by atoms with Crippen molar-refractivity contribution in [2.24, 2.45) is 0 Å². The van der Waals surface area contributed by atoms with Crippen molar-refractivity contribution in [3.8, 4) is 0 Å². The first kappa shape index (κ1) is 14.5. The summed E-state index contributed by atoms with van der Waals surface area (Å²) in [6.07, 6.45) is 0.732. The predicted molar refractivity (Wildman–Crippen MR) is 78.0 cm³/mol. The fraction of sp³-hybridized carbons (Fsp3) is 0.571. The number of nitrogens with zero attached hydrogens (tertiary/aromatic N) is 1. The lowest BCUT2D eigenvalue weighted by Crippen LogP contribution is -2.36. The fourth-order valence-corrected chi connectivity index (χ4v) is 3.88. The molecular formula is C14H22N2O2S. The van der Waals surface area contributed by atoms with Gasteiger partial charge in [0.2, 0.25) is 0 Å². The molecule has 106 valence electrons. The molecule has 4 nitrogen and oxygen atoms in total. The van der Waals surface area contributed by atoms with Gasteiger partial charge in [0.15, 0.2) is 9.84 Å². The van der Waals surface area contributed by atoms with E-state index in [9.17, 15) is 8.42 Å². The third-order valence-electron chi connectivity index (χ3n) is 3.61. The van der Waals surface area contributed by atoms with Crippen LogP contribution in [0.5, 0.6) is 0 Å². The van der Waals surface area contributed by atoms with E-state index in [1.165, 1.54) is 5.56 Å². The summed E-state index contributed by atoms with van der Waals surface area (Å²) in [6.45, 7) is 2.31. The van der Waals surface area contributed by atoms with Crippen LogP contribution in [-0.4, -0.2) is 51.5 Å². The summed E-state index contributed by atoms with van der Waals surface area (Å²) in [7, 11) is -0.910. The molecule has 1 saturated heterocycles. The van der Waals surface area contributed by atoms with Crippen LogP contribution in [0.15, 0.2) is 30.3 Å². The van der Waals surface area contributed by atoms with Gasteiger partial charge in [0.25, 0.3) is 0 Å². The van der Waals surface area contributed by atoms with Crippen LogP contribution in [0.4, 0.5) is 0 Å². The zero-order valence-corrected chi connectivity index (χ0v) is 12.2. The minimum atomic E-state index is -2.84. The molecule has 0 saturated carbocycles. The number of rotatable bonds is 4. The number of hydrogen-bond donors (Lipinski definition) is 1. The van der Waals surface area contributed by atoms with E-state index in [1.807, 2.05) is 25.2 Å². The molecule has 1 aromatic rings. The fourth-order valence-electron chi connectivity index (χ4n) is 2.60. The van der Waals surface area contributed by atoms with E-state index < -0.39 is 9.84 Å². The summed E-state index contributed by atoms with van der Waals surface area (Å²) in [6, 6.07) is 10.5. The smallest absolute Gasteiger partial charge is 0.151 e. The van der Waals surface area contributed by atoms with Crippen molar-refractivity contribution in [1.29, 1.82) is 0 Å². The summed E-state index contributed by atoms with van der Waals surface area (Å²) in [5.41, 5.74) is 1.25. The Hall–Kier alpha value is -0.910. The van der Waals surface area contributed by atoms with E-state index in [2.05, 4.69) is 22.3 Å². The summed E-state index contributed by atoms with van der Waals surface area (Å²) in [5.74, 6) is 0.602. The maximum Gasteiger partial charge on any atom is 0.151 e. The van der Waals surface area contributed by atoms with Gasteiger partial charge in [0.1, 0.15) is 0 Å². The normalized spacial score (nSPS) is 21.7. The van der Waals surface area contributed by atoms with Crippen LogP contribution in [0.1, 0.15) is 18.0 Å². The molecule has 1 unspecified atom stereocenters. The van der Waals surface area contributed by atoms with Gasteiger partial charge in [-0.3, -0.25) is 4.90 Å². The molecule has 1 aromatic carbocycles. The molecule has 0 amide bonds. The van der Waals surface area contributed by atoms with E-state index in [0.29, 0.717) is 12.3 Å². The highest BCUT2D eigenvalue weighted by Crippen LogP contribution is 2.21. The first-order valence-corrected chi connectivity index (χ1v) is 8.58. The van der Waals surface area contributed by atoms with Gasteiger partial charge in [0, 0.05) is 19.1 Å². The Morgan fingerprint density at radius 2 is 1.95 bits per heavy atom. The predicted octanol–water partition coefficient (Wildman–Crippen LogP) is 1.07. The molecule has 5 heteroatoms. The Bertz CT molecular complexity index is 487. The molecule has 1 N–H and O–H groups in total. The molecule has 1 heterocycles. The SMILES string of the molecule is CNCC(c1ccccc1)N1CCCS(=O)(=O)CC1. The number of benzene rings is 1. The summed E-state index contributed by atoms with van der Waals surface area (Å²) in [5, 5.41) is 3.21. The van der Waals surface area contributed by atoms with Gasteiger partial charge in [-0.2, -0.15) is 0 Å². The average Bonchev–Trinajstić information content (AvgIpc) is 2.58. The molecule has 1 aliphatic heterocycles. The molecule has 0 radical (unpaired) electrons. The van der Waals surface area contributed by atoms with Crippen molar-refractivity contribution in [1.82, 2.24) is 10.2 Å². The highest BCUT2D eigenvalue weighted by atomic mass is 32.2. The van der Waals surface area contributed by atoms with E-state index in [1.54, 1.807) is 0 Å². The molecular weight excluding hydrogens is 260 g/mol. The highest BCUT2D eigenvalue weighted by Gasteiger charge is 2.25. The van der Waals surface area contributed by atoms with Crippen LogP contribution in [-0.2, 0) is 9.84 Å².